The van der Waals surface area contributed by atoms with Gasteiger partial charge in [-0.05, 0) is 67.7 Å². The molecule has 4 atom stereocenters. The summed E-state index contributed by atoms with van der Waals surface area (Å²) in [7, 11) is 15.9. The van der Waals surface area contributed by atoms with E-state index in [1.807, 2.05) is 18.2 Å². The second kappa shape index (κ2) is 38.2. The second-order valence-corrected chi connectivity index (χ2v) is 28.4. The fraction of sp³-hybridized carbons (Fsp3) is 0.400. The summed E-state index contributed by atoms with van der Waals surface area (Å²) in [5, 5.41) is 16.3. The number of methoxy groups -OCH3 is 7. The molecule has 2 saturated carbocycles. The minimum atomic E-state index is -0.375. The number of nitrogens with one attached hydrogen (secondary N) is 5. The van der Waals surface area contributed by atoms with Crippen LogP contribution in [0.4, 0.5) is 78.1 Å². The monoisotopic (exact) mass is 1600 g/mol. The molecule has 0 spiro atoms. The minimum Gasteiger partial charge on any atom is -0.497 e. The van der Waals surface area contributed by atoms with Crippen LogP contribution in [0.15, 0.2) is 117 Å². The van der Waals surface area contributed by atoms with Crippen LogP contribution in [0.3, 0.4) is 0 Å². The molecule has 13 rings (SSSR count). The predicted octanol–water partition coefficient (Wildman–Crippen LogP) is 11.4. The number of halogens is 2. The molecule has 2 aliphatic carbocycles. The number of aromatic nitrogens is 6. The van der Waals surface area contributed by atoms with Crippen molar-refractivity contribution >= 4 is 123 Å². The number of nitrogens with zero attached hydrogens (tertiary/aromatic N) is 14. The molecule has 7 aromatic rings. The summed E-state index contributed by atoms with van der Waals surface area (Å²) in [4.78, 5) is 118. The van der Waals surface area contributed by atoms with Gasteiger partial charge >= 0.3 is 18.1 Å². The highest BCUT2D eigenvalue weighted by Crippen LogP contribution is 2.48. The number of anilines is 11. The van der Waals surface area contributed by atoms with Crippen LogP contribution >= 0.6 is 23.2 Å². The number of ketones is 1. The molecule has 4 aromatic carbocycles. The van der Waals surface area contributed by atoms with Crippen molar-refractivity contribution in [2.75, 3.05) is 160 Å². The van der Waals surface area contributed by atoms with Gasteiger partial charge in [0.1, 0.15) is 62.0 Å². The lowest BCUT2D eigenvalue weighted by Gasteiger charge is -2.36. The van der Waals surface area contributed by atoms with E-state index in [0.717, 1.165) is 119 Å². The fourth-order valence-corrected chi connectivity index (χ4v) is 15.1. The quantitative estimate of drug-likeness (QED) is 0.0315. The van der Waals surface area contributed by atoms with Crippen molar-refractivity contribution in [3.63, 3.8) is 0 Å². The molecule has 8 amide bonds. The van der Waals surface area contributed by atoms with Gasteiger partial charge in [-0.2, -0.15) is 15.0 Å². The molecule has 3 aromatic heterocycles. The number of hydrogen-bond donors (Lipinski definition) is 5. The first-order valence-corrected chi connectivity index (χ1v) is 38.0. The third kappa shape index (κ3) is 19.3. The number of urea groups is 3. The average molecular weight is 1600 g/mol. The van der Waals surface area contributed by atoms with Crippen molar-refractivity contribution in [2.24, 2.45) is 0 Å². The number of benzene rings is 4. The zero-order chi connectivity index (χ0) is 81.4. The molecule has 0 bridgehead atoms. The third-order valence-electron chi connectivity index (χ3n) is 20.6. The van der Waals surface area contributed by atoms with Gasteiger partial charge < -0.3 is 64.6 Å². The standard InChI is InChI=1S/C32H39N7O5.C24H28Cl2N6O4.C24H30N6O4/c1-6-26(40)16-22-15-24(38-11-9-37(10-12-38)13-14-42-3)7-8-29(22)34-31-33-20-23-21-39(32(41)36(2)30(23)35-31)25-17-27(43-4)19-28(18-25)44-5;1-5-18(33)28-14-8-6-7-9-15(14)29-23-27-11-13-12-32(24(34)31(2)22(13)30-23)21-19(25)16(35-3)10-17(36-4)20(21)26;1-5-21(31)26-19-8-6-7-9-20(19)27-23-25-13-15-14-30(24(32)29(2)22(15)28-23)16-10-17(33-3)12-18(11-16)34-4/h6-8,15,17-20H,1,9-14,16,21H2,2-5H3,(H,33,34,35);5,10-11,14-15H,1,6-9,12H2,2-4H3,(H,28,33)(H,27,29,30);5,10-13,19-20H,1,6-9,14H2,2-4H3,(H,26,31)(H,25,27,28). The molecule has 5 N–H and O–H groups in total. The first-order valence-electron chi connectivity index (χ1n) is 37.2. The van der Waals surface area contributed by atoms with Crippen molar-refractivity contribution in [3.05, 3.63) is 150 Å². The predicted molar refractivity (Wildman–Crippen MR) is 440 cm³/mol. The highest BCUT2D eigenvalue weighted by molar-refractivity contribution is 6.42. The summed E-state index contributed by atoms with van der Waals surface area (Å²) >= 11 is 13.1. The number of carbonyl (C=O) groups is 6. The van der Waals surface area contributed by atoms with E-state index < -0.39 is 0 Å². The highest BCUT2D eigenvalue weighted by Gasteiger charge is 2.38. The van der Waals surface area contributed by atoms with Gasteiger partial charge in [0, 0.05) is 181 Å². The van der Waals surface area contributed by atoms with E-state index in [0.29, 0.717) is 93.3 Å². The Morgan fingerprint density at radius 2 is 0.912 bits per heavy atom. The van der Waals surface area contributed by atoms with Crippen LogP contribution in [0, 0.1) is 0 Å². The molecule has 1 saturated heterocycles. The maximum Gasteiger partial charge on any atom is 0.330 e. The number of rotatable bonds is 26. The Hall–Kier alpha value is -11.7. The van der Waals surface area contributed by atoms with Crippen molar-refractivity contribution in [1.29, 1.82) is 0 Å². The van der Waals surface area contributed by atoms with E-state index in [1.54, 1.807) is 128 Å². The number of hydrogen-bond acceptors (Lipinski definition) is 24. The molecule has 7 heterocycles. The molecule has 3 fully saturated rings. The summed E-state index contributed by atoms with van der Waals surface area (Å²) in [6.07, 6.45) is 16.8. The molecule has 4 unspecified atom stereocenters. The van der Waals surface area contributed by atoms with Crippen molar-refractivity contribution < 1.29 is 61.9 Å². The smallest absolute Gasteiger partial charge is 0.330 e. The van der Waals surface area contributed by atoms with E-state index in [9.17, 15) is 28.8 Å². The Bertz CT molecular complexity index is 4650. The largest absolute Gasteiger partial charge is 0.497 e. The first kappa shape index (κ1) is 83.2. The van der Waals surface area contributed by atoms with Gasteiger partial charge in [-0.3, -0.25) is 48.7 Å². The highest BCUT2D eigenvalue weighted by atomic mass is 35.5. The molecule has 4 aliphatic heterocycles. The SMILES string of the molecule is C=CC(=O)Cc1cc(N2CCN(CCOC)CC2)ccc1Nc1ncc2c(n1)N(C)C(=O)N(c1cc(OC)cc(OC)c1)C2.C=CC(=O)NC1CCCCC1Nc1ncc2c(n1)N(C)C(=O)N(c1c(Cl)c(OC)cc(OC)c1Cl)C2.C=CC(=O)NC1CCCCC1Nc1ncc2c(n1)N(C)C(=O)N(c1cc(OC)cc(OC)c1)C2. The first-order chi connectivity index (χ1) is 55.0. The molecular weight excluding hydrogens is 1510 g/mol. The fourth-order valence-electron chi connectivity index (χ4n) is 14.4. The van der Waals surface area contributed by atoms with Gasteiger partial charge in [0.05, 0.1) is 86.0 Å². The van der Waals surface area contributed by atoms with Gasteiger partial charge in [-0.15, -0.1) is 0 Å². The minimum absolute atomic E-state index is 0.000968. The summed E-state index contributed by atoms with van der Waals surface area (Å²) < 4.78 is 37.4. The maximum atomic E-state index is 13.5. The number of allylic oxidation sites excluding steroid dienone is 1. The average Bonchev–Trinajstić information content (AvgIpc) is 0.767. The lowest BCUT2D eigenvalue weighted by Crippen LogP contribution is -2.48. The summed E-state index contributed by atoms with van der Waals surface area (Å²) in [5.74, 6) is 5.19. The normalized spacial score (nSPS) is 17.9. The van der Waals surface area contributed by atoms with E-state index in [4.69, 9.17) is 61.3 Å². The van der Waals surface area contributed by atoms with Crippen LogP contribution in [0.1, 0.15) is 73.6 Å². The van der Waals surface area contributed by atoms with E-state index in [1.165, 1.54) is 52.0 Å². The number of amides is 8. The number of carbonyl (C=O) groups excluding carboxylic acids is 6. The van der Waals surface area contributed by atoms with Crippen LogP contribution in [-0.2, 0) is 45.2 Å². The van der Waals surface area contributed by atoms with Crippen LogP contribution in [0.2, 0.25) is 10.0 Å². The maximum absolute atomic E-state index is 13.5. The number of ether oxygens (including phenoxy) is 7. The lowest BCUT2D eigenvalue weighted by molar-refractivity contribution is -0.118. The van der Waals surface area contributed by atoms with Crippen molar-refractivity contribution in [2.45, 2.75) is 102 Å². The lowest BCUT2D eigenvalue weighted by atomic mass is 9.90. The van der Waals surface area contributed by atoms with Crippen LogP contribution in [0.25, 0.3) is 0 Å². The molecule has 114 heavy (non-hydrogen) atoms. The summed E-state index contributed by atoms with van der Waals surface area (Å²) in [5.41, 5.74) is 6.47. The van der Waals surface area contributed by atoms with Gasteiger partial charge in [0.15, 0.2) is 5.78 Å². The number of piperazine rings is 1. The topological polar surface area (TPSA) is 330 Å². The van der Waals surface area contributed by atoms with E-state index in [-0.39, 0.29) is 95.1 Å². The summed E-state index contributed by atoms with van der Waals surface area (Å²) in [6.45, 7) is 16.8. The Morgan fingerprint density at radius 3 is 1.32 bits per heavy atom. The zero-order valence-electron chi connectivity index (χ0n) is 65.7. The zero-order valence-corrected chi connectivity index (χ0v) is 67.2. The second-order valence-electron chi connectivity index (χ2n) is 27.7. The van der Waals surface area contributed by atoms with Crippen LogP contribution in [0.5, 0.6) is 34.5 Å². The van der Waals surface area contributed by atoms with Crippen molar-refractivity contribution in [3.8, 4) is 34.5 Å². The van der Waals surface area contributed by atoms with E-state index in [2.05, 4.69) is 81.0 Å². The molecule has 34 heteroatoms. The summed E-state index contributed by atoms with van der Waals surface area (Å²) in [6, 6.07) is 17.3. The Balaban J connectivity index is 0.000000170. The van der Waals surface area contributed by atoms with Gasteiger partial charge in [-0.1, -0.05) is 68.6 Å². The molecular formula is C80H97Cl2N19O13. The van der Waals surface area contributed by atoms with Crippen molar-refractivity contribution in [1.82, 2.24) is 45.4 Å². The Morgan fingerprint density at radius 1 is 0.500 bits per heavy atom. The van der Waals surface area contributed by atoms with Crippen LogP contribution in [-0.4, -0.2) is 205 Å². The van der Waals surface area contributed by atoms with E-state index >= 15 is 0 Å². The van der Waals surface area contributed by atoms with Gasteiger partial charge in [0.25, 0.3) is 0 Å². The molecule has 6 aliphatic rings. The van der Waals surface area contributed by atoms with Gasteiger partial charge in [0.2, 0.25) is 29.7 Å². The van der Waals surface area contributed by atoms with Gasteiger partial charge in [-0.25, -0.2) is 29.3 Å². The Kier molecular flexibility index (Phi) is 27.9. The molecule has 0 radical (unpaired) electrons. The molecule has 604 valence electrons. The number of fused-ring (bicyclic) bond motifs is 3. The Labute approximate surface area is 672 Å². The third-order valence-corrected chi connectivity index (χ3v) is 21.3. The molecule has 32 nitrogen and oxygen atoms in total. The van der Waals surface area contributed by atoms with Crippen LogP contribution < -0.4 is 89.3 Å².